The van der Waals surface area contributed by atoms with Crippen molar-refractivity contribution < 1.29 is 9.53 Å². The number of rotatable bonds is 3. The van der Waals surface area contributed by atoms with Crippen molar-refractivity contribution in [2.24, 2.45) is 5.92 Å². The molecule has 0 unspecified atom stereocenters. The maximum atomic E-state index is 12.8. The number of aromatic nitrogens is 1. The minimum absolute atomic E-state index is 0.109. The molecule has 26 heavy (non-hydrogen) atoms. The molecule has 1 aromatic rings. The van der Waals surface area contributed by atoms with Gasteiger partial charge in [0, 0.05) is 63.8 Å². The Labute approximate surface area is 156 Å². The maximum absolute atomic E-state index is 12.8. The molecule has 1 spiro atoms. The maximum Gasteiger partial charge on any atom is 0.254 e. The van der Waals surface area contributed by atoms with Crippen LogP contribution in [-0.4, -0.2) is 90.7 Å². The Bertz CT molecular complexity index is 617. The summed E-state index contributed by atoms with van der Waals surface area (Å²) in [4.78, 5) is 23.8. The molecule has 0 aliphatic carbocycles. The Kier molecular flexibility index (Phi) is 5.25. The lowest BCUT2D eigenvalue weighted by Crippen LogP contribution is -2.50. The molecule has 6 heteroatoms. The molecule has 1 aromatic heterocycles. The Morgan fingerprint density at radius 3 is 2.77 bits per heavy atom. The average molecular weight is 358 g/mol. The fourth-order valence-corrected chi connectivity index (χ4v) is 4.68. The summed E-state index contributed by atoms with van der Waals surface area (Å²) in [5.74, 6) is 0.701. The molecule has 0 bridgehead atoms. The van der Waals surface area contributed by atoms with Crippen LogP contribution in [0, 0.1) is 5.92 Å². The highest BCUT2D eigenvalue weighted by molar-refractivity contribution is 5.94. The normalized spacial score (nSPS) is 30.8. The SMILES string of the molecule is CN1CCN(C[C@H]2CO[C@]3(CCCN(C(=O)c4ccncc4)C3)C2)CC1. The third-order valence-corrected chi connectivity index (χ3v) is 6.15. The van der Waals surface area contributed by atoms with Gasteiger partial charge < -0.3 is 19.4 Å². The van der Waals surface area contributed by atoms with E-state index < -0.39 is 0 Å². The molecule has 4 rings (SSSR count). The first-order valence-electron chi connectivity index (χ1n) is 9.88. The number of likely N-dealkylation sites (N-methyl/N-ethyl adjacent to an activating group) is 1. The number of piperidine rings is 1. The van der Waals surface area contributed by atoms with Crippen molar-refractivity contribution in [1.29, 1.82) is 0 Å². The average Bonchev–Trinajstić information content (AvgIpc) is 3.05. The molecule has 4 heterocycles. The van der Waals surface area contributed by atoms with Crippen LogP contribution in [-0.2, 0) is 4.74 Å². The van der Waals surface area contributed by atoms with Crippen LogP contribution in [0.2, 0.25) is 0 Å². The molecule has 0 N–H and O–H groups in total. The van der Waals surface area contributed by atoms with Crippen molar-refractivity contribution in [2.45, 2.75) is 24.9 Å². The number of nitrogens with zero attached hydrogens (tertiary/aromatic N) is 4. The lowest BCUT2D eigenvalue weighted by atomic mass is 9.86. The lowest BCUT2D eigenvalue weighted by molar-refractivity contribution is -0.0450. The van der Waals surface area contributed by atoms with Gasteiger partial charge in [-0.1, -0.05) is 0 Å². The van der Waals surface area contributed by atoms with Gasteiger partial charge in [-0.2, -0.15) is 0 Å². The molecule has 0 saturated carbocycles. The lowest BCUT2D eigenvalue weighted by Gasteiger charge is -2.40. The van der Waals surface area contributed by atoms with Gasteiger partial charge in [0.05, 0.1) is 12.2 Å². The van der Waals surface area contributed by atoms with E-state index in [1.807, 2.05) is 4.90 Å². The quantitative estimate of drug-likeness (QED) is 0.816. The third kappa shape index (κ3) is 3.92. The summed E-state index contributed by atoms with van der Waals surface area (Å²) in [7, 11) is 2.20. The predicted octanol–water partition coefficient (Wildman–Crippen LogP) is 1.34. The molecule has 0 aromatic carbocycles. The van der Waals surface area contributed by atoms with Crippen LogP contribution in [0.15, 0.2) is 24.5 Å². The second kappa shape index (κ2) is 7.62. The van der Waals surface area contributed by atoms with Crippen LogP contribution in [0.4, 0.5) is 0 Å². The van der Waals surface area contributed by atoms with Crippen molar-refractivity contribution in [1.82, 2.24) is 19.7 Å². The van der Waals surface area contributed by atoms with E-state index >= 15 is 0 Å². The summed E-state index contributed by atoms with van der Waals surface area (Å²) in [5, 5.41) is 0. The number of amides is 1. The van der Waals surface area contributed by atoms with Gasteiger partial charge in [-0.05, 0) is 44.4 Å². The van der Waals surface area contributed by atoms with Crippen molar-refractivity contribution in [3.8, 4) is 0 Å². The fourth-order valence-electron chi connectivity index (χ4n) is 4.68. The molecule has 0 radical (unpaired) electrons. The zero-order chi connectivity index (χ0) is 18.0. The monoisotopic (exact) mass is 358 g/mol. The molecule has 142 valence electrons. The van der Waals surface area contributed by atoms with Crippen molar-refractivity contribution >= 4 is 5.91 Å². The highest BCUT2D eigenvalue weighted by Crippen LogP contribution is 2.38. The Morgan fingerprint density at radius 1 is 1.23 bits per heavy atom. The highest BCUT2D eigenvalue weighted by atomic mass is 16.5. The molecule has 1 amide bonds. The number of carbonyl (C=O) groups excluding carboxylic acids is 1. The van der Waals surface area contributed by atoms with Crippen LogP contribution in [0.25, 0.3) is 0 Å². The van der Waals surface area contributed by atoms with E-state index in [1.54, 1.807) is 24.5 Å². The van der Waals surface area contributed by atoms with Gasteiger partial charge >= 0.3 is 0 Å². The van der Waals surface area contributed by atoms with Crippen molar-refractivity contribution in [2.75, 3.05) is 59.5 Å². The van der Waals surface area contributed by atoms with Gasteiger partial charge in [0.15, 0.2) is 0 Å². The number of piperazine rings is 1. The van der Waals surface area contributed by atoms with E-state index in [0.717, 1.165) is 77.2 Å². The van der Waals surface area contributed by atoms with E-state index in [9.17, 15) is 4.79 Å². The van der Waals surface area contributed by atoms with Crippen LogP contribution in [0.3, 0.4) is 0 Å². The smallest absolute Gasteiger partial charge is 0.254 e. The van der Waals surface area contributed by atoms with E-state index in [2.05, 4.69) is 21.8 Å². The summed E-state index contributed by atoms with van der Waals surface area (Å²) in [6, 6.07) is 3.60. The number of ether oxygens (including phenoxy) is 1. The van der Waals surface area contributed by atoms with E-state index in [1.165, 1.54) is 0 Å². The topological polar surface area (TPSA) is 48.9 Å². The van der Waals surface area contributed by atoms with E-state index in [4.69, 9.17) is 4.74 Å². The van der Waals surface area contributed by atoms with Gasteiger partial charge in [-0.15, -0.1) is 0 Å². The molecule has 3 saturated heterocycles. The summed E-state index contributed by atoms with van der Waals surface area (Å²) in [5.41, 5.74) is 0.599. The Balaban J connectivity index is 1.34. The van der Waals surface area contributed by atoms with Gasteiger partial charge in [-0.25, -0.2) is 0 Å². The number of hydrogen-bond acceptors (Lipinski definition) is 5. The minimum atomic E-state index is -0.127. The minimum Gasteiger partial charge on any atom is -0.373 e. The van der Waals surface area contributed by atoms with Gasteiger partial charge in [-0.3, -0.25) is 9.78 Å². The van der Waals surface area contributed by atoms with Crippen molar-refractivity contribution in [3.63, 3.8) is 0 Å². The number of carbonyl (C=O) groups is 1. The molecule has 3 aliphatic rings. The zero-order valence-electron chi connectivity index (χ0n) is 15.8. The summed E-state index contributed by atoms with van der Waals surface area (Å²) in [6.45, 7) is 8.17. The summed E-state index contributed by atoms with van der Waals surface area (Å²) < 4.78 is 6.33. The van der Waals surface area contributed by atoms with Gasteiger partial charge in [0.25, 0.3) is 5.91 Å². The standard InChI is InChI=1S/C20H30N4O2/c1-22-9-11-23(12-10-22)14-17-13-20(26-15-17)5-2-8-24(16-20)19(25)18-3-6-21-7-4-18/h3-4,6-7,17H,2,5,8-16H2,1H3/t17-,20+/m0/s1. The van der Waals surface area contributed by atoms with Crippen LogP contribution < -0.4 is 0 Å². The Morgan fingerprint density at radius 2 is 2.00 bits per heavy atom. The zero-order valence-corrected chi connectivity index (χ0v) is 15.8. The highest BCUT2D eigenvalue weighted by Gasteiger charge is 2.44. The van der Waals surface area contributed by atoms with Crippen LogP contribution >= 0.6 is 0 Å². The largest absolute Gasteiger partial charge is 0.373 e. The Hall–Kier alpha value is -1.50. The van der Waals surface area contributed by atoms with E-state index in [0.29, 0.717) is 5.92 Å². The fraction of sp³-hybridized carbons (Fsp3) is 0.700. The second-order valence-electron chi connectivity index (χ2n) is 8.23. The summed E-state index contributed by atoms with van der Waals surface area (Å²) >= 11 is 0. The summed E-state index contributed by atoms with van der Waals surface area (Å²) in [6.07, 6.45) is 6.56. The number of pyridine rings is 1. The van der Waals surface area contributed by atoms with Crippen LogP contribution in [0.1, 0.15) is 29.6 Å². The first kappa shape index (κ1) is 17.9. The second-order valence-corrected chi connectivity index (χ2v) is 8.23. The van der Waals surface area contributed by atoms with Crippen LogP contribution in [0.5, 0.6) is 0 Å². The number of hydrogen-bond donors (Lipinski definition) is 0. The van der Waals surface area contributed by atoms with Gasteiger partial charge in [0.2, 0.25) is 0 Å². The molecule has 3 fully saturated rings. The van der Waals surface area contributed by atoms with Gasteiger partial charge in [0.1, 0.15) is 0 Å². The first-order valence-corrected chi connectivity index (χ1v) is 9.88. The van der Waals surface area contributed by atoms with E-state index in [-0.39, 0.29) is 11.5 Å². The number of likely N-dealkylation sites (tertiary alicyclic amines) is 1. The van der Waals surface area contributed by atoms with Crippen molar-refractivity contribution in [3.05, 3.63) is 30.1 Å². The molecular weight excluding hydrogens is 328 g/mol. The molecule has 2 atom stereocenters. The molecule has 3 aliphatic heterocycles. The predicted molar refractivity (Wildman–Crippen MR) is 100 cm³/mol. The molecular formula is C20H30N4O2. The third-order valence-electron chi connectivity index (χ3n) is 6.15. The first-order chi connectivity index (χ1) is 12.6. The molecule has 6 nitrogen and oxygen atoms in total.